The zero-order valence-electron chi connectivity index (χ0n) is 14.7. The van der Waals surface area contributed by atoms with Gasteiger partial charge in [0.25, 0.3) is 0 Å². The highest BCUT2D eigenvalue weighted by atomic mass is 35.5. The number of benzene rings is 1. The number of ether oxygens (including phenoxy) is 2. The number of aromatic hydroxyl groups is 1. The van der Waals surface area contributed by atoms with Crippen LogP contribution in [0.15, 0.2) is 30.5 Å². The van der Waals surface area contributed by atoms with Gasteiger partial charge in [-0.1, -0.05) is 30.5 Å². The molecule has 2 unspecified atom stereocenters. The number of halogens is 1. The Labute approximate surface area is 157 Å². The second-order valence-corrected chi connectivity index (χ2v) is 6.90. The lowest BCUT2D eigenvalue weighted by molar-refractivity contribution is 0.111. The van der Waals surface area contributed by atoms with Gasteiger partial charge in [-0.3, -0.25) is 4.79 Å². The van der Waals surface area contributed by atoms with E-state index in [4.69, 9.17) is 21.1 Å². The zero-order valence-corrected chi connectivity index (χ0v) is 15.4. The summed E-state index contributed by atoms with van der Waals surface area (Å²) in [6.45, 7) is 0.449. The van der Waals surface area contributed by atoms with Gasteiger partial charge in [-0.15, -0.1) is 0 Å². The Morgan fingerprint density at radius 3 is 2.88 bits per heavy atom. The van der Waals surface area contributed by atoms with Crippen LogP contribution in [-0.4, -0.2) is 30.1 Å². The summed E-state index contributed by atoms with van der Waals surface area (Å²) < 4.78 is 11.3. The van der Waals surface area contributed by atoms with Crippen molar-refractivity contribution in [3.05, 3.63) is 46.6 Å². The maximum atomic E-state index is 11.3. The summed E-state index contributed by atoms with van der Waals surface area (Å²) in [6, 6.07) is 7.13. The van der Waals surface area contributed by atoms with E-state index in [0.29, 0.717) is 24.5 Å². The second-order valence-electron chi connectivity index (χ2n) is 6.49. The van der Waals surface area contributed by atoms with E-state index in [2.05, 4.69) is 11.1 Å². The molecule has 1 aromatic carbocycles. The minimum absolute atomic E-state index is 0.0869. The van der Waals surface area contributed by atoms with Gasteiger partial charge >= 0.3 is 0 Å². The van der Waals surface area contributed by atoms with E-state index < -0.39 is 0 Å². The summed E-state index contributed by atoms with van der Waals surface area (Å²) >= 11 is 5.86. The third-order valence-electron chi connectivity index (χ3n) is 5.00. The van der Waals surface area contributed by atoms with Gasteiger partial charge in [0, 0.05) is 17.7 Å². The van der Waals surface area contributed by atoms with Gasteiger partial charge in [-0.05, 0) is 37.0 Å². The molecule has 0 saturated heterocycles. The van der Waals surface area contributed by atoms with E-state index in [1.54, 1.807) is 19.4 Å². The van der Waals surface area contributed by atoms with E-state index >= 15 is 0 Å². The minimum atomic E-state index is -0.242. The normalized spacial score (nSPS) is 19.8. The highest BCUT2D eigenvalue weighted by molar-refractivity contribution is 6.32. The number of pyridine rings is 1. The molecular weight excluding hydrogens is 354 g/mol. The molecule has 3 rings (SSSR count). The third-order valence-corrected chi connectivity index (χ3v) is 5.31. The predicted octanol–water partition coefficient (Wildman–Crippen LogP) is 4.61. The first-order valence-corrected chi connectivity index (χ1v) is 9.11. The van der Waals surface area contributed by atoms with Crippen molar-refractivity contribution in [2.75, 3.05) is 13.7 Å². The van der Waals surface area contributed by atoms with Crippen LogP contribution in [-0.2, 0) is 0 Å². The molecule has 0 bridgehead atoms. The number of phenols is 1. The topological polar surface area (TPSA) is 68.7 Å². The highest BCUT2D eigenvalue weighted by Crippen LogP contribution is 2.41. The van der Waals surface area contributed by atoms with Crippen LogP contribution in [0, 0.1) is 5.92 Å². The molecular formula is C20H22ClNO4. The van der Waals surface area contributed by atoms with Crippen LogP contribution in [0.25, 0.3) is 0 Å². The molecule has 1 heterocycles. The maximum Gasteiger partial charge on any atom is 0.216 e. The molecule has 2 atom stereocenters. The summed E-state index contributed by atoms with van der Waals surface area (Å²) in [5.74, 6) is 1.33. The second kappa shape index (κ2) is 8.41. The Bertz CT molecular complexity index is 780. The van der Waals surface area contributed by atoms with Crippen molar-refractivity contribution < 1.29 is 19.4 Å². The molecule has 1 aromatic heterocycles. The van der Waals surface area contributed by atoms with Crippen LogP contribution in [0.1, 0.15) is 47.5 Å². The molecule has 138 valence electrons. The smallest absolute Gasteiger partial charge is 0.216 e. The average molecular weight is 376 g/mol. The fourth-order valence-electron chi connectivity index (χ4n) is 3.67. The number of aromatic nitrogens is 1. The fourth-order valence-corrected chi connectivity index (χ4v) is 3.84. The molecule has 1 saturated carbocycles. The Hall–Kier alpha value is -2.27. The van der Waals surface area contributed by atoms with Crippen molar-refractivity contribution in [2.24, 2.45) is 5.92 Å². The number of hydrogen-bond donors (Lipinski definition) is 1. The van der Waals surface area contributed by atoms with E-state index in [1.807, 2.05) is 6.07 Å². The predicted molar refractivity (Wildman–Crippen MR) is 99.5 cm³/mol. The van der Waals surface area contributed by atoms with E-state index in [1.165, 1.54) is 6.07 Å². The van der Waals surface area contributed by atoms with Crippen molar-refractivity contribution >= 4 is 17.9 Å². The molecule has 0 radical (unpaired) electrons. The fraction of sp³-hybridized carbons (Fsp3) is 0.400. The molecule has 0 aliphatic heterocycles. The number of rotatable bonds is 6. The first-order chi connectivity index (χ1) is 12.7. The number of methoxy groups -OCH3 is 1. The van der Waals surface area contributed by atoms with Crippen LogP contribution in [0.4, 0.5) is 0 Å². The van der Waals surface area contributed by atoms with Gasteiger partial charge in [0.2, 0.25) is 5.88 Å². The first kappa shape index (κ1) is 18.5. The van der Waals surface area contributed by atoms with Crippen LogP contribution >= 0.6 is 11.6 Å². The number of carbonyl (C=O) groups is 1. The van der Waals surface area contributed by atoms with E-state index in [0.717, 1.165) is 31.2 Å². The molecule has 0 spiro atoms. The Balaban J connectivity index is 1.80. The zero-order chi connectivity index (χ0) is 18.5. The van der Waals surface area contributed by atoms with Crippen molar-refractivity contribution in [3.63, 3.8) is 0 Å². The largest absolute Gasteiger partial charge is 0.505 e. The molecule has 1 aliphatic rings. The van der Waals surface area contributed by atoms with Gasteiger partial charge in [0.1, 0.15) is 11.5 Å². The number of phenolic OH excluding ortho intramolecular Hbond substituents is 1. The highest BCUT2D eigenvalue weighted by Gasteiger charge is 2.30. The van der Waals surface area contributed by atoms with E-state index in [-0.39, 0.29) is 28.2 Å². The molecule has 1 N–H and O–H groups in total. The molecule has 2 aromatic rings. The van der Waals surface area contributed by atoms with Gasteiger partial charge in [0.15, 0.2) is 6.29 Å². The lowest BCUT2D eigenvalue weighted by Crippen LogP contribution is -2.24. The quantitative estimate of drug-likeness (QED) is 0.746. The third kappa shape index (κ3) is 3.78. The molecule has 6 heteroatoms. The van der Waals surface area contributed by atoms with Gasteiger partial charge < -0.3 is 14.6 Å². The van der Waals surface area contributed by atoms with Crippen molar-refractivity contribution in [2.45, 2.75) is 31.6 Å². The van der Waals surface area contributed by atoms with Crippen LogP contribution in [0.5, 0.6) is 17.4 Å². The first-order valence-electron chi connectivity index (χ1n) is 8.74. The van der Waals surface area contributed by atoms with Crippen molar-refractivity contribution in [1.82, 2.24) is 4.98 Å². The van der Waals surface area contributed by atoms with Crippen molar-refractivity contribution in [3.8, 4) is 17.4 Å². The minimum Gasteiger partial charge on any atom is -0.505 e. The van der Waals surface area contributed by atoms with Gasteiger partial charge in [-0.25, -0.2) is 4.98 Å². The van der Waals surface area contributed by atoms with Gasteiger partial charge in [-0.2, -0.15) is 0 Å². The SMILES string of the molecule is COc1ncccc1C1CCCCC1COc1ccc(Cl)c(O)c1C=O. The van der Waals surface area contributed by atoms with Gasteiger partial charge in [0.05, 0.1) is 24.3 Å². The van der Waals surface area contributed by atoms with Crippen LogP contribution < -0.4 is 9.47 Å². The molecule has 1 aliphatic carbocycles. The lowest BCUT2D eigenvalue weighted by Gasteiger charge is -2.32. The molecule has 0 amide bonds. The Morgan fingerprint density at radius 2 is 2.12 bits per heavy atom. The summed E-state index contributed by atoms with van der Waals surface area (Å²) in [6.07, 6.45) is 6.66. The molecule has 5 nitrogen and oxygen atoms in total. The summed E-state index contributed by atoms with van der Waals surface area (Å²) in [5, 5.41) is 10.1. The van der Waals surface area contributed by atoms with Crippen LogP contribution in [0.2, 0.25) is 5.02 Å². The van der Waals surface area contributed by atoms with Crippen molar-refractivity contribution in [1.29, 1.82) is 0 Å². The Kier molecular flexibility index (Phi) is 5.99. The number of nitrogens with zero attached hydrogens (tertiary/aromatic N) is 1. The summed E-state index contributed by atoms with van der Waals surface area (Å²) in [4.78, 5) is 15.6. The average Bonchev–Trinajstić information content (AvgIpc) is 2.69. The Morgan fingerprint density at radius 1 is 1.31 bits per heavy atom. The van der Waals surface area contributed by atoms with Crippen LogP contribution in [0.3, 0.4) is 0 Å². The van der Waals surface area contributed by atoms with E-state index in [9.17, 15) is 9.90 Å². The number of carbonyl (C=O) groups excluding carboxylic acids is 1. The molecule has 26 heavy (non-hydrogen) atoms. The lowest BCUT2D eigenvalue weighted by atomic mass is 9.76. The number of aldehydes is 1. The molecule has 1 fully saturated rings. The number of hydrogen-bond acceptors (Lipinski definition) is 5. The summed E-state index contributed by atoms with van der Waals surface area (Å²) in [5.41, 5.74) is 1.18. The maximum absolute atomic E-state index is 11.3. The monoisotopic (exact) mass is 375 g/mol. The standard InChI is InChI=1S/C20H22ClNO4/c1-25-20-15(7-4-10-22-20)14-6-3-2-5-13(14)12-26-18-9-8-17(21)19(24)16(18)11-23/h4,7-11,13-14,24H,2-3,5-6,12H2,1H3. The summed E-state index contributed by atoms with van der Waals surface area (Å²) in [7, 11) is 1.63.